The number of benzene rings is 1. The number of ether oxygens (including phenoxy) is 1. The number of aromatic nitrogens is 1. The minimum absolute atomic E-state index is 0.169. The number of carbonyl (C=O) groups is 1. The molecule has 4 nitrogen and oxygen atoms in total. The number of nitrogens with one attached hydrogen (secondary N) is 1. The van der Waals surface area contributed by atoms with Crippen molar-refractivity contribution >= 4 is 11.6 Å². The molecule has 0 aliphatic rings. The van der Waals surface area contributed by atoms with E-state index in [-0.39, 0.29) is 11.4 Å². The molecule has 2 rings (SSSR count). The summed E-state index contributed by atoms with van der Waals surface area (Å²) >= 11 is 0. The molecule has 1 aromatic heterocycles. The van der Waals surface area contributed by atoms with Crippen LogP contribution in [0.2, 0.25) is 0 Å². The average Bonchev–Trinajstić information content (AvgIpc) is 2.37. The molecule has 2 aromatic rings. The molecule has 1 amide bonds. The topological polar surface area (TPSA) is 51.2 Å². The number of carbonyl (C=O) groups excluding carboxylic acids is 1. The van der Waals surface area contributed by atoms with Crippen LogP contribution in [-0.2, 0) is 0 Å². The quantitative estimate of drug-likeness (QED) is 0.942. The van der Waals surface area contributed by atoms with Gasteiger partial charge in [0.25, 0.3) is 5.91 Å². The third-order valence-electron chi connectivity index (χ3n) is 2.47. The summed E-state index contributed by atoms with van der Waals surface area (Å²) in [6.45, 7) is 1.83. The van der Waals surface area contributed by atoms with Crippen molar-refractivity contribution in [2.45, 2.75) is 13.3 Å². The van der Waals surface area contributed by atoms with Crippen molar-refractivity contribution in [1.29, 1.82) is 0 Å². The third kappa shape index (κ3) is 4.48. The van der Waals surface area contributed by atoms with Crippen LogP contribution in [-0.4, -0.2) is 17.3 Å². The molecule has 0 saturated heterocycles. The fourth-order valence-corrected chi connectivity index (χ4v) is 1.57. The van der Waals surface area contributed by atoms with Gasteiger partial charge in [-0.15, -0.1) is 13.2 Å². The summed E-state index contributed by atoms with van der Waals surface area (Å²) in [4.78, 5) is 15.8. The van der Waals surface area contributed by atoms with E-state index in [1.165, 1.54) is 24.4 Å². The highest BCUT2D eigenvalue weighted by molar-refractivity contribution is 6.02. The van der Waals surface area contributed by atoms with E-state index in [2.05, 4.69) is 15.0 Å². The summed E-state index contributed by atoms with van der Waals surface area (Å²) in [6, 6.07) is 8.27. The number of hydrogen-bond donors (Lipinski definition) is 1. The van der Waals surface area contributed by atoms with E-state index in [1.54, 1.807) is 6.07 Å². The minimum Gasteiger partial charge on any atom is -0.406 e. The second-order valence-electron chi connectivity index (χ2n) is 4.25. The van der Waals surface area contributed by atoms with Gasteiger partial charge in [0.05, 0.1) is 0 Å². The Balaban J connectivity index is 2.10. The SMILES string of the molecule is Cc1ccc(C(=O)Nc2cccc(OC(F)(F)F)c2)nc1. The number of rotatable bonds is 3. The summed E-state index contributed by atoms with van der Waals surface area (Å²) in [6.07, 6.45) is -3.25. The first-order chi connectivity index (χ1) is 9.83. The van der Waals surface area contributed by atoms with Crippen LogP contribution >= 0.6 is 0 Å². The molecule has 0 fully saturated rings. The molecule has 0 aliphatic carbocycles. The molecule has 0 bridgehead atoms. The first-order valence-corrected chi connectivity index (χ1v) is 5.93. The fourth-order valence-electron chi connectivity index (χ4n) is 1.57. The lowest BCUT2D eigenvalue weighted by atomic mass is 10.2. The summed E-state index contributed by atoms with van der Waals surface area (Å²) in [5.41, 5.74) is 1.25. The monoisotopic (exact) mass is 296 g/mol. The summed E-state index contributed by atoms with van der Waals surface area (Å²) in [5.74, 6) is -0.920. The van der Waals surface area contributed by atoms with E-state index in [9.17, 15) is 18.0 Å². The van der Waals surface area contributed by atoms with Crippen LogP contribution in [0.25, 0.3) is 0 Å². The van der Waals surface area contributed by atoms with Crippen LogP contribution < -0.4 is 10.1 Å². The molecule has 21 heavy (non-hydrogen) atoms. The van der Waals surface area contributed by atoms with Crippen molar-refractivity contribution in [3.8, 4) is 5.75 Å². The van der Waals surface area contributed by atoms with Crippen molar-refractivity contribution in [3.05, 3.63) is 53.9 Å². The van der Waals surface area contributed by atoms with Gasteiger partial charge in [0.2, 0.25) is 0 Å². The van der Waals surface area contributed by atoms with E-state index >= 15 is 0 Å². The van der Waals surface area contributed by atoms with Gasteiger partial charge in [-0.05, 0) is 30.7 Å². The maximum Gasteiger partial charge on any atom is 0.573 e. The van der Waals surface area contributed by atoms with Gasteiger partial charge in [0.1, 0.15) is 11.4 Å². The van der Waals surface area contributed by atoms with Crippen molar-refractivity contribution in [1.82, 2.24) is 4.98 Å². The molecular formula is C14H11F3N2O2. The molecule has 0 saturated carbocycles. The normalized spacial score (nSPS) is 11.0. The van der Waals surface area contributed by atoms with Crippen LogP contribution in [0.1, 0.15) is 16.1 Å². The zero-order valence-corrected chi connectivity index (χ0v) is 10.9. The predicted molar refractivity (Wildman–Crippen MR) is 70.1 cm³/mol. The van der Waals surface area contributed by atoms with Crippen LogP contribution in [0, 0.1) is 6.92 Å². The second kappa shape index (κ2) is 5.82. The van der Waals surface area contributed by atoms with E-state index < -0.39 is 18.0 Å². The second-order valence-corrected chi connectivity index (χ2v) is 4.25. The van der Waals surface area contributed by atoms with Crippen molar-refractivity contribution in [2.75, 3.05) is 5.32 Å². The van der Waals surface area contributed by atoms with Crippen LogP contribution in [0.4, 0.5) is 18.9 Å². The molecule has 0 aliphatic heterocycles. The first-order valence-electron chi connectivity index (χ1n) is 5.93. The number of anilines is 1. The van der Waals surface area contributed by atoms with Gasteiger partial charge in [-0.1, -0.05) is 12.1 Å². The highest BCUT2D eigenvalue weighted by Crippen LogP contribution is 2.25. The van der Waals surface area contributed by atoms with Gasteiger partial charge in [0, 0.05) is 18.0 Å². The van der Waals surface area contributed by atoms with E-state index in [1.807, 2.05) is 6.92 Å². The molecular weight excluding hydrogens is 285 g/mol. The summed E-state index contributed by atoms with van der Waals surface area (Å²) in [5, 5.41) is 2.46. The lowest BCUT2D eigenvalue weighted by molar-refractivity contribution is -0.274. The van der Waals surface area contributed by atoms with E-state index in [0.717, 1.165) is 17.7 Å². The lowest BCUT2D eigenvalue weighted by Crippen LogP contribution is -2.17. The highest BCUT2D eigenvalue weighted by atomic mass is 19.4. The van der Waals surface area contributed by atoms with Crippen LogP contribution in [0.5, 0.6) is 5.75 Å². The smallest absolute Gasteiger partial charge is 0.406 e. The number of amides is 1. The average molecular weight is 296 g/mol. The number of halogens is 3. The van der Waals surface area contributed by atoms with Crippen molar-refractivity contribution < 1.29 is 22.7 Å². The Morgan fingerprint density at radius 2 is 2.00 bits per heavy atom. The molecule has 1 N–H and O–H groups in total. The Morgan fingerprint density at radius 1 is 1.24 bits per heavy atom. The summed E-state index contributed by atoms with van der Waals surface area (Å²) in [7, 11) is 0. The number of nitrogens with zero attached hydrogens (tertiary/aromatic N) is 1. The Labute approximate surface area is 118 Å². The molecule has 1 heterocycles. The maximum absolute atomic E-state index is 12.1. The number of pyridine rings is 1. The van der Waals surface area contributed by atoms with Gasteiger partial charge in [-0.25, -0.2) is 0 Å². The van der Waals surface area contributed by atoms with Crippen LogP contribution in [0.15, 0.2) is 42.6 Å². The molecule has 0 spiro atoms. The molecule has 0 radical (unpaired) electrons. The minimum atomic E-state index is -4.78. The van der Waals surface area contributed by atoms with Crippen molar-refractivity contribution in [2.24, 2.45) is 0 Å². The maximum atomic E-state index is 12.1. The Morgan fingerprint density at radius 3 is 2.62 bits per heavy atom. The Kier molecular flexibility index (Phi) is 4.11. The van der Waals surface area contributed by atoms with Gasteiger partial charge in [-0.3, -0.25) is 9.78 Å². The molecule has 0 unspecified atom stereocenters. The number of aryl methyl sites for hydroxylation is 1. The first kappa shape index (κ1) is 14.8. The molecule has 1 aromatic carbocycles. The van der Waals surface area contributed by atoms with Gasteiger partial charge in [-0.2, -0.15) is 0 Å². The third-order valence-corrected chi connectivity index (χ3v) is 2.47. The molecule has 110 valence electrons. The summed E-state index contributed by atoms with van der Waals surface area (Å²) < 4.78 is 40.1. The predicted octanol–water partition coefficient (Wildman–Crippen LogP) is 3.54. The molecule has 0 atom stereocenters. The lowest BCUT2D eigenvalue weighted by Gasteiger charge is -2.10. The fraction of sp³-hybridized carbons (Fsp3) is 0.143. The van der Waals surface area contributed by atoms with Crippen molar-refractivity contribution in [3.63, 3.8) is 0 Å². The van der Waals surface area contributed by atoms with Crippen LogP contribution in [0.3, 0.4) is 0 Å². The van der Waals surface area contributed by atoms with Gasteiger partial charge in [0.15, 0.2) is 0 Å². The Hall–Kier alpha value is -2.57. The van der Waals surface area contributed by atoms with E-state index in [4.69, 9.17) is 0 Å². The number of alkyl halides is 3. The van der Waals surface area contributed by atoms with Gasteiger partial charge >= 0.3 is 6.36 Å². The van der Waals surface area contributed by atoms with Gasteiger partial charge < -0.3 is 10.1 Å². The zero-order valence-electron chi connectivity index (χ0n) is 10.9. The largest absolute Gasteiger partial charge is 0.573 e. The molecule has 7 heteroatoms. The zero-order chi connectivity index (χ0) is 15.5. The highest BCUT2D eigenvalue weighted by Gasteiger charge is 2.31. The number of hydrogen-bond acceptors (Lipinski definition) is 3. The standard InChI is InChI=1S/C14H11F3N2O2/c1-9-5-6-12(18-8-9)13(20)19-10-3-2-4-11(7-10)21-14(15,16)17/h2-8H,1H3,(H,19,20). The Bertz CT molecular complexity index is 639. The van der Waals surface area contributed by atoms with E-state index in [0.29, 0.717) is 0 Å².